The van der Waals surface area contributed by atoms with Crippen molar-refractivity contribution in [3.05, 3.63) is 45.1 Å². The number of halogens is 1. The first kappa shape index (κ1) is 15.2. The fourth-order valence-electron chi connectivity index (χ4n) is 3.63. The van der Waals surface area contributed by atoms with Crippen molar-refractivity contribution in [3.63, 3.8) is 0 Å². The van der Waals surface area contributed by atoms with Gasteiger partial charge in [-0.05, 0) is 25.0 Å². The molecule has 1 aromatic carbocycles. The Balaban J connectivity index is 2.04. The van der Waals surface area contributed by atoms with Gasteiger partial charge in [0.2, 0.25) is 0 Å². The zero-order chi connectivity index (χ0) is 16.8. The second kappa shape index (κ2) is 5.63. The molecule has 6 nitrogen and oxygen atoms in total. The molecule has 0 aliphatic heterocycles. The predicted octanol–water partition coefficient (Wildman–Crippen LogP) is 3.58. The van der Waals surface area contributed by atoms with Crippen molar-refractivity contribution in [3.8, 4) is 0 Å². The maximum Gasteiger partial charge on any atom is 0.337 e. The van der Waals surface area contributed by atoms with E-state index in [1.807, 2.05) is 4.40 Å². The number of H-pyrrole nitrogens is 1. The summed E-state index contributed by atoms with van der Waals surface area (Å²) in [4.78, 5) is 30.9. The number of hydrogen-bond acceptors (Lipinski definition) is 3. The van der Waals surface area contributed by atoms with Gasteiger partial charge >= 0.3 is 5.97 Å². The fourth-order valence-corrected chi connectivity index (χ4v) is 3.87. The van der Waals surface area contributed by atoms with E-state index in [9.17, 15) is 14.7 Å². The molecule has 0 bridgehead atoms. The SMILES string of the molecule is O=C(O)c1cc2[nH]c(=O)c3cnc(C4CCCCC4)n3c2cc1Cl. The van der Waals surface area contributed by atoms with Crippen LogP contribution in [0.3, 0.4) is 0 Å². The summed E-state index contributed by atoms with van der Waals surface area (Å²) in [5, 5.41) is 9.38. The Hall–Kier alpha value is -2.34. The first-order valence-electron chi connectivity index (χ1n) is 8.02. The summed E-state index contributed by atoms with van der Waals surface area (Å²) in [5.41, 5.74) is 1.28. The first-order valence-corrected chi connectivity index (χ1v) is 8.40. The largest absolute Gasteiger partial charge is 0.478 e. The molecule has 1 fully saturated rings. The number of carbonyl (C=O) groups is 1. The number of carboxylic acid groups (broad SMARTS) is 1. The van der Waals surface area contributed by atoms with Gasteiger partial charge in [0.1, 0.15) is 11.3 Å². The normalized spacial score (nSPS) is 16.0. The molecule has 24 heavy (non-hydrogen) atoms. The molecular formula is C17H16ClN3O3. The van der Waals surface area contributed by atoms with Crippen molar-refractivity contribution in [1.29, 1.82) is 0 Å². The van der Waals surface area contributed by atoms with Crippen molar-refractivity contribution < 1.29 is 9.90 Å². The summed E-state index contributed by atoms with van der Waals surface area (Å²) < 4.78 is 1.83. The number of rotatable bonds is 2. The van der Waals surface area contributed by atoms with E-state index < -0.39 is 5.97 Å². The molecule has 0 saturated heterocycles. The van der Waals surface area contributed by atoms with E-state index in [0.717, 1.165) is 31.5 Å². The monoisotopic (exact) mass is 345 g/mol. The number of hydrogen-bond donors (Lipinski definition) is 2. The molecule has 2 N–H and O–H groups in total. The molecule has 4 rings (SSSR count). The number of nitrogens with one attached hydrogen (secondary N) is 1. The lowest BCUT2D eigenvalue weighted by molar-refractivity contribution is 0.0697. The molecule has 1 aliphatic rings. The highest BCUT2D eigenvalue weighted by Crippen LogP contribution is 2.33. The third-order valence-electron chi connectivity index (χ3n) is 4.80. The Morgan fingerprint density at radius 2 is 2.00 bits per heavy atom. The van der Waals surface area contributed by atoms with Crippen LogP contribution < -0.4 is 5.56 Å². The molecular weight excluding hydrogens is 330 g/mol. The van der Waals surface area contributed by atoms with Gasteiger partial charge in [-0.2, -0.15) is 0 Å². The summed E-state index contributed by atoms with van der Waals surface area (Å²) in [6.07, 6.45) is 7.23. The van der Waals surface area contributed by atoms with Crippen LogP contribution >= 0.6 is 11.6 Å². The lowest BCUT2D eigenvalue weighted by atomic mass is 9.89. The average Bonchev–Trinajstić information content (AvgIpc) is 3.02. The summed E-state index contributed by atoms with van der Waals surface area (Å²) in [6.45, 7) is 0. The van der Waals surface area contributed by atoms with Gasteiger partial charge in [-0.15, -0.1) is 0 Å². The first-order chi connectivity index (χ1) is 11.6. The number of carboxylic acids is 1. The topological polar surface area (TPSA) is 87.5 Å². The van der Waals surface area contributed by atoms with E-state index in [1.54, 1.807) is 12.3 Å². The van der Waals surface area contributed by atoms with E-state index in [-0.39, 0.29) is 16.1 Å². The molecule has 0 amide bonds. The molecule has 124 valence electrons. The van der Waals surface area contributed by atoms with E-state index in [1.165, 1.54) is 12.5 Å². The number of nitrogens with zero attached hydrogens (tertiary/aromatic N) is 2. The van der Waals surface area contributed by atoms with E-state index >= 15 is 0 Å². The van der Waals surface area contributed by atoms with Crippen LogP contribution in [0.2, 0.25) is 5.02 Å². The lowest BCUT2D eigenvalue weighted by Gasteiger charge is -2.21. The molecule has 0 unspecified atom stereocenters. The van der Waals surface area contributed by atoms with Crippen LogP contribution in [0.25, 0.3) is 16.6 Å². The Morgan fingerprint density at radius 3 is 2.71 bits per heavy atom. The second-order valence-electron chi connectivity index (χ2n) is 6.28. The van der Waals surface area contributed by atoms with Gasteiger partial charge in [-0.25, -0.2) is 9.78 Å². The van der Waals surface area contributed by atoms with E-state index in [4.69, 9.17) is 11.6 Å². The van der Waals surface area contributed by atoms with Crippen molar-refractivity contribution in [2.75, 3.05) is 0 Å². The standard InChI is InChI=1S/C17H16ClN3O3/c18-11-7-13-12(6-10(11)17(23)24)20-16(22)14-8-19-15(21(13)14)9-4-2-1-3-5-9/h6-9H,1-5H2,(H,20,22)(H,23,24). The minimum Gasteiger partial charge on any atom is -0.478 e. The molecule has 2 aromatic heterocycles. The predicted molar refractivity (Wildman–Crippen MR) is 91.1 cm³/mol. The van der Waals surface area contributed by atoms with Crippen LogP contribution in [0.4, 0.5) is 0 Å². The molecule has 0 spiro atoms. The van der Waals surface area contributed by atoms with Crippen LogP contribution in [-0.4, -0.2) is 25.4 Å². The van der Waals surface area contributed by atoms with Gasteiger partial charge in [-0.3, -0.25) is 9.20 Å². The maximum absolute atomic E-state index is 12.4. The number of fused-ring (bicyclic) bond motifs is 3. The maximum atomic E-state index is 12.4. The average molecular weight is 346 g/mol. The summed E-state index contributed by atoms with van der Waals surface area (Å²) >= 11 is 6.14. The number of aromatic amines is 1. The van der Waals surface area contributed by atoms with Crippen molar-refractivity contribution in [2.45, 2.75) is 38.0 Å². The Bertz CT molecular complexity index is 1020. The highest BCUT2D eigenvalue weighted by molar-refractivity contribution is 6.34. The van der Waals surface area contributed by atoms with Gasteiger partial charge in [0.15, 0.2) is 0 Å². The fraction of sp³-hybridized carbons (Fsp3) is 0.353. The summed E-state index contributed by atoms with van der Waals surface area (Å²) in [6, 6.07) is 3.00. The number of imidazole rings is 1. The third kappa shape index (κ3) is 2.29. The molecule has 2 heterocycles. The zero-order valence-corrected chi connectivity index (χ0v) is 13.6. The quantitative estimate of drug-likeness (QED) is 0.743. The van der Waals surface area contributed by atoms with Crippen molar-refractivity contribution in [1.82, 2.24) is 14.4 Å². The van der Waals surface area contributed by atoms with Crippen LogP contribution in [0.5, 0.6) is 0 Å². The minimum absolute atomic E-state index is 0.0292. The van der Waals surface area contributed by atoms with Gasteiger partial charge in [0.25, 0.3) is 5.56 Å². The zero-order valence-electron chi connectivity index (χ0n) is 12.9. The number of aromatic nitrogens is 3. The molecule has 1 saturated carbocycles. The van der Waals surface area contributed by atoms with Crippen LogP contribution in [0, 0.1) is 0 Å². The molecule has 0 atom stereocenters. The smallest absolute Gasteiger partial charge is 0.337 e. The Labute approximate surface area is 142 Å². The van der Waals surface area contributed by atoms with Gasteiger partial charge in [0, 0.05) is 5.92 Å². The lowest BCUT2D eigenvalue weighted by Crippen LogP contribution is -2.14. The molecule has 0 radical (unpaired) electrons. The second-order valence-corrected chi connectivity index (χ2v) is 6.69. The van der Waals surface area contributed by atoms with E-state index in [0.29, 0.717) is 22.5 Å². The Morgan fingerprint density at radius 1 is 1.25 bits per heavy atom. The third-order valence-corrected chi connectivity index (χ3v) is 5.11. The van der Waals surface area contributed by atoms with Crippen molar-refractivity contribution >= 4 is 34.1 Å². The summed E-state index contributed by atoms with van der Waals surface area (Å²) in [5.74, 6) is 0.0464. The molecule has 7 heteroatoms. The molecule has 3 aromatic rings. The summed E-state index contributed by atoms with van der Waals surface area (Å²) in [7, 11) is 0. The highest BCUT2D eigenvalue weighted by atomic mass is 35.5. The van der Waals surface area contributed by atoms with Gasteiger partial charge in [0.05, 0.1) is 27.8 Å². The Kier molecular flexibility index (Phi) is 3.57. The van der Waals surface area contributed by atoms with Gasteiger partial charge in [-0.1, -0.05) is 30.9 Å². The van der Waals surface area contributed by atoms with Crippen LogP contribution in [-0.2, 0) is 0 Å². The van der Waals surface area contributed by atoms with E-state index in [2.05, 4.69) is 9.97 Å². The number of aromatic carboxylic acids is 1. The highest BCUT2D eigenvalue weighted by Gasteiger charge is 2.22. The van der Waals surface area contributed by atoms with Crippen LogP contribution in [0.1, 0.15) is 54.2 Å². The minimum atomic E-state index is -1.12. The van der Waals surface area contributed by atoms with Gasteiger partial charge < -0.3 is 10.1 Å². The molecule has 1 aliphatic carbocycles. The van der Waals surface area contributed by atoms with Crippen LogP contribution in [0.15, 0.2) is 23.1 Å². The van der Waals surface area contributed by atoms with Crippen molar-refractivity contribution in [2.24, 2.45) is 0 Å². The number of benzene rings is 1.